The molecule has 1 aromatic carbocycles. The Morgan fingerprint density at radius 2 is 2.00 bits per heavy atom. The van der Waals surface area contributed by atoms with Crippen LogP contribution in [0, 0.1) is 5.92 Å². The summed E-state index contributed by atoms with van der Waals surface area (Å²) >= 11 is 0. The third kappa shape index (κ3) is 1.51. The minimum atomic E-state index is 0.0548. The Hall–Kier alpha value is -1.34. The zero-order valence-corrected chi connectivity index (χ0v) is 8.15. The standard InChI is InChI=1S/C13H14O/c1-3-11-9-14-13(10(11)2)12-7-5-4-6-8-12/h3-8,11,13H,1-2,9H2. The van der Waals surface area contributed by atoms with Gasteiger partial charge in [-0.3, -0.25) is 0 Å². The zero-order chi connectivity index (χ0) is 9.97. The first kappa shape index (κ1) is 9.22. The predicted octanol–water partition coefficient (Wildman–Crippen LogP) is 3.12. The molecule has 0 amide bonds. The Morgan fingerprint density at radius 3 is 2.57 bits per heavy atom. The van der Waals surface area contributed by atoms with Crippen LogP contribution in [0.15, 0.2) is 55.1 Å². The molecule has 1 nitrogen and oxygen atoms in total. The van der Waals surface area contributed by atoms with E-state index in [9.17, 15) is 0 Å². The number of rotatable bonds is 2. The third-order valence-electron chi connectivity index (χ3n) is 2.64. The smallest absolute Gasteiger partial charge is 0.104 e. The maximum atomic E-state index is 5.68. The van der Waals surface area contributed by atoms with E-state index < -0.39 is 0 Å². The van der Waals surface area contributed by atoms with Gasteiger partial charge in [0, 0.05) is 5.92 Å². The predicted molar refractivity (Wildman–Crippen MR) is 58.0 cm³/mol. The zero-order valence-electron chi connectivity index (χ0n) is 8.15. The molecule has 1 aliphatic rings. The fraction of sp³-hybridized carbons (Fsp3) is 0.231. The van der Waals surface area contributed by atoms with Crippen molar-refractivity contribution in [2.24, 2.45) is 5.92 Å². The fourth-order valence-corrected chi connectivity index (χ4v) is 1.77. The molecule has 0 spiro atoms. The minimum absolute atomic E-state index is 0.0548. The summed E-state index contributed by atoms with van der Waals surface area (Å²) in [5, 5.41) is 0. The monoisotopic (exact) mass is 186 g/mol. The van der Waals surface area contributed by atoms with Crippen LogP contribution >= 0.6 is 0 Å². The van der Waals surface area contributed by atoms with Gasteiger partial charge in [-0.25, -0.2) is 0 Å². The minimum Gasteiger partial charge on any atom is -0.368 e. The van der Waals surface area contributed by atoms with Crippen molar-refractivity contribution < 1.29 is 4.74 Å². The molecule has 1 aliphatic heterocycles. The average molecular weight is 186 g/mol. The highest BCUT2D eigenvalue weighted by atomic mass is 16.5. The number of hydrogen-bond acceptors (Lipinski definition) is 1. The molecule has 0 aliphatic carbocycles. The van der Waals surface area contributed by atoms with Gasteiger partial charge in [0.25, 0.3) is 0 Å². The highest BCUT2D eigenvalue weighted by Gasteiger charge is 2.28. The van der Waals surface area contributed by atoms with Crippen LogP contribution in [0.4, 0.5) is 0 Å². The van der Waals surface area contributed by atoms with E-state index in [0.717, 1.165) is 5.57 Å². The normalized spacial score (nSPS) is 26.4. The summed E-state index contributed by atoms with van der Waals surface area (Å²) < 4.78 is 5.68. The summed E-state index contributed by atoms with van der Waals surface area (Å²) in [5.41, 5.74) is 2.30. The van der Waals surface area contributed by atoms with Crippen molar-refractivity contribution in [3.05, 3.63) is 60.7 Å². The fourth-order valence-electron chi connectivity index (χ4n) is 1.77. The molecule has 0 saturated carbocycles. The molecule has 14 heavy (non-hydrogen) atoms. The molecule has 1 heteroatoms. The second-order valence-corrected chi connectivity index (χ2v) is 3.54. The lowest BCUT2D eigenvalue weighted by Crippen LogP contribution is -1.98. The van der Waals surface area contributed by atoms with Crippen LogP contribution in [0.3, 0.4) is 0 Å². The van der Waals surface area contributed by atoms with E-state index in [1.807, 2.05) is 24.3 Å². The van der Waals surface area contributed by atoms with Crippen molar-refractivity contribution in [1.82, 2.24) is 0 Å². The largest absolute Gasteiger partial charge is 0.368 e. The first-order valence-electron chi connectivity index (χ1n) is 4.80. The van der Waals surface area contributed by atoms with Gasteiger partial charge in [0.1, 0.15) is 6.10 Å². The van der Waals surface area contributed by atoms with E-state index in [0.29, 0.717) is 12.5 Å². The van der Waals surface area contributed by atoms with Gasteiger partial charge >= 0.3 is 0 Å². The highest BCUT2D eigenvalue weighted by molar-refractivity contribution is 5.29. The molecule has 1 aromatic rings. The highest BCUT2D eigenvalue weighted by Crippen LogP contribution is 2.36. The summed E-state index contributed by atoms with van der Waals surface area (Å²) in [6.45, 7) is 8.56. The number of benzene rings is 1. The Morgan fingerprint density at radius 1 is 1.29 bits per heavy atom. The maximum Gasteiger partial charge on any atom is 0.104 e. The second kappa shape index (κ2) is 3.81. The molecule has 72 valence electrons. The Kier molecular flexibility index (Phi) is 2.51. The molecule has 1 fully saturated rings. The molecule has 0 bridgehead atoms. The molecular weight excluding hydrogens is 172 g/mol. The summed E-state index contributed by atoms with van der Waals surface area (Å²) in [5.74, 6) is 0.306. The molecule has 2 unspecified atom stereocenters. The van der Waals surface area contributed by atoms with Crippen molar-refractivity contribution in [2.75, 3.05) is 6.61 Å². The third-order valence-corrected chi connectivity index (χ3v) is 2.64. The van der Waals surface area contributed by atoms with E-state index in [1.165, 1.54) is 5.56 Å². The Balaban J connectivity index is 2.22. The summed E-state index contributed by atoms with van der Waals surface area (Å²) in [4.78, 5) is 0. The lowest BCUT2D eigenvalue weighted by atomic mass is 9.95. The van der Waals surface area contributed by atoms with Crippen molar-refractivity contribution in [3.63, 3.8) is 0 Å². The van der Waals surface area contributed by atoms with E-state index in [4.69, 9.17) is 4.74 Å². The summed E-state index contributed by atoms with van der Waals surface area (Å²) in [6, 6.07) is 10.2. The molecule has 2 rings (SSSR count). The van der Waals surface area contributed by atoms with Gasteiger partial charge in [-0.05, 0) is 11.1 Å². The van der Waals surface area contributed by atoms with Crippen LogP contribution in [-0.2, 0) is 4.74 Å². The van der Waals surface area contributed by atoms with Crippen molar-refractivity contribution in [2.45, 2.75) is 6.10 Å². The van der Waals surface area contributed by atoms with E-state index in [2.05, 4.69) is 25.3 Å². The van der Waals surface area contributed by atoms with Gasteiger partial charge in [-0.2, -0.15) is 0 Å². The topological polar surface area (TPSA) is 9.23 Å². The molecule has 2 atom stereocenters. The van der Waals surface area contributed by atoms with Gasteiger partial charge in [-0.15, -0.1) is 6.58 Å². The first-order valence-corrected chi connectivity index (χ1v) is 4.80. The van der Waals surface area contributed by atoms with Crippen LogP contribution in [0.1, 0.15) is 11.7 Å². The molecule has 1 heterocycles. The van der Waals surface area contributed by atoms with Gasteiger partial charge < -0.3 is 4.74 Å². The van der Waals surface area contributed by atoms with E-state index >= 15 is 0 Å². The molecule has 0 aromatic heterocycles. The molecular formula is C13H14O. The van der Waals surface area contributed by atoms with E-state index in [1.54, 1.807) is 0 Å². The van der Waals surface area contributed by atoms with Crippen LogP contribution in [0.2, 0.25) is 0 Å². The van der Waals surface area contributed by atoms with Gasteiger partial charge in [-0.1, -0.05) is 43.0 Å². The molecule has 0 N–H and O–H groups in total. The van der Waals surface area contributed by atoms with Crippen LogP contribution in [-0.4, -0.2) is 6.61 Å². The average Bonchev–Trinajstić information content (AvgIpc) is 2.61. The summed E-state index contributed by atoms with van der Waals surface area (Å²) in [7, 11) is 0. The van der Waals surface area contributed by atoms with Crippen molar-refractivity contribution in [3.8, 4) is 0 Å². The van der Waals surface area contributed by atoms with E-state index in [-0.39, 0.29) is 6.10 Å². The Bertz CT molecular complexity index is 340. The number of hydrogen-bond donors (Lipinski definition) is 0. The first-order chi connectivity index (χ1) is 6.83. The Labute approximate surface area is 84.7 Å². The van der Waals surface area contributed by atoms with Crippen molar-refractivity contribution in [1.29, 1.82) is 0 Å². The van der Waals surface area contributed by atoms with Crippen LogP contribution in [0.5, 0.6) is 0 Å². The molecule has 0 radical (unpaired) electrons. The second-order valence-electron chi connectivity index (χ2n) is 3.54. The van der Waals surface area contributed by atoms with Gasteiger partial charge in [0.2, 0.25) is 0 Å². The van der Waals surface area contributed by atoms with Gasteiger partial charge in [0.05, 0.1) is 6.61 Å². The lowest BCUT2D eigenvalue weighted by molar-refractivity contribution is 0.120. The van der Waals surface area contributed by atoms with Gasteiger partial charge in [0.15, 0.2) is 0 Å². The molecule has 1 saturated heterocycles. The summed E-state index contributed by atoms with van der Waals surface area (Å²) in [6.07, 6.45) is 1.96. The lowest BCUT2D eigenvalue weighted by Gasteiger charge is -2.11. The van der Waals surface area contributed by atoms with Crippen LogP contribution in [0.25, 0.3) is 0 Å². The van der Waals surface area contributed by atoms with Crippen molar-refractivity contribution >= 4 is 0 Å². The SMILES string of the molecule is C=CC1COC(c2ccccc2)C1=C. The van der Waals surface area contributed by atoms with Crippen LogP contribution < -0.4 is 0 Å². The number of ether oxygens (including phenoxy) is 1. The maximum absolute atomic E-state index is 5.68. The quantitative estimate of drug-likeness (QED) is 0.645.